The SMILES string of the molecule is Cc1ccc(S(=O)(=O)N2CCC[C@H]2C(=O)NC2CCOC(C)(C)C2)c(N2[C@@H](C)COC[C@@H]2C)n1. The number of hydrogen-bond donors (Lipinski definition) is 1. The van der Waals surface area contributed by atoms with Crippen molar-refractivity contribution in [3.8, 4) is 0 Å². The molecular formula is C24H38N4O5S. The van der Waals surface area contributed by atoms with Gasteiger partial charge in [0, 0.05) is 24.9 Å². The molecule has 3 fully saturated rings. The second-order valence-corrected chi connectivity index (χ2v) is 12.4. The second kappa shape index (κ2) is 9.72. The van der Waals surface area contributed by atoms with Crippen LogP contribution in [-0.2, 0) is 24.3 Å². The van der Waals surface area contributed by atoms with Crippen molar-refractivity contribution in [2.24, 2.45) is 0 Å². The van der Waals surface area contributed by atoms with E-state index in [1.807, 2.05) is 39.5 Å². The molecule has 1 N–H and O–H groups in total. The maximum absolute atomic E-state index is 14.0. The van der Waals surface area contributed by atoms with E-state index in [4.69, 9.17) is 9.47 Å². The zero-order chi connectivity index (χ0) is 24.7. The number of aromatic nitrogens is 1. The fourth-order valence-electron chi connectivity index (χ4n) is 5.41. The topological polar surface area (TPSA) is 101 Å². The standard InChI is InChI=1S/C24H38N4O5S/c1-16-8-9-21(22(25-16)28-17(2)14-32-15-18(28)3)34(30,31)27-11-6-7-20(27)23(29)26-19-10-12-33-24(4,5)13-19/h8-9,17-20H,6-7,10-15H2,1-5H3,(H,26,29)/t17-,18-,19?,20-/m0/s1. The van der Waals surface area contributed by atoms with Gasteiger partial charge in [-0.1, -0.05) is 0 Å². The molecule has 1 aromatic rings. The Morgan fingerprint density at radius 1 is 1.18 bits per heavy atom. The minimum Gasteiger partial charge on any atom is -0.377 e. The van der Waals surface area contributed by atoms with E-state index in [1.165, 1.54) is 4.31 Å². The van der Waals surface area contributed by atoms with Gasteiger partial charge in [-0.3, -0.25) is 4.79 Å². The summed E-state index contributed by atoms with van der Waals surface area (Å²) in [4.78, 5) is 20.1. The van der Waals surface area contributed by atoms with Gasteiger partial charge in [0.15, 0.2) is 0 Å². The summed E-state index contributed by atoms with van der Waals surface area (Å²) in [5.41, 5.74) is 0.448. The van der Waals surface area contributed by atoms with Gasteiger partial charge in [0.2, 0.25) is 15.9 Å². The molecule has 4 rings (SSSR count). The maximum atomic E-state index is 14.0. The Bertz CT molecular complexity index is 1000. The molecule has 1 amide bonds. The lowest BCUT2D eigenvalue weighted by Gasteiger charge is -2.41. The highest BCUT2D eigenvalue weighted by atomic mass is 32.2. The quantitative estimate of drug-likeness (QED) is 0.670. The van der Waals surface area contributed by atoms with Gasteiger partial charge in [-0.05, 0) is 72.4 Å². The van der Waals surface area contributed by atoms with Crippen molar-refractivity contribution < 1.29 is 22.7 Å². The van der Waals surface area contributed by atoms with Crippen molar-refractivity contribution in [3.05, 3.63) is 17.8 Å². The van der Waals surface area contributed by atoms with Crippen LogP contribution in [0, 0.1) is 6.92 Å². The Balaban J connectivity index is 1.61. The smallest absolute Gasteiger partial charge is 0.247 e. The van der Waals surface area contributed by atoms with Gasteiger partial charge in [0.25, 0.3) is 0 Å². The number of pyridine rings is 1. The number of sulfonamides is 1. The zero-order valence-corrected chi connectivity index (χ0v) is 21.7. The lowest BCUT2D eigenvalue weighted by atomic mass is 9.93. The summed E-state index contributed by atoms with van der Waals surface area (Å²) in [6.45, 7) is 11.8. The van der Waals surface area contributed by atoms with Crippen LogP contribution in [0.4, 0.5) is 5.82 Å². The molecule has 0 saturated carbocycles. The number of nitrogens with one attached hydrogen (secondary N) is 1. The van der Waals surface area contributed by atoms with Crippen LogP contribution in [0.5, 0.6) is 0 Å². The fraction of sp³-hybridized carbons (Fsp3) is 0.750. The Labute approximate surface area is 203 Å². The molecule has 0 aromatic carbocycles. The van der Waals surface area contributed by atoms with Gasteiger partial charge >= 0.3 is 0 Å². The highest BCUT2D eigenvalue weighted by molar-refractivity contribution is 7.89. The van der Waals surface area contributed by atoms with Crippen molar-refractivity contribution in [1.29, 1.82) is 0 Å². The van der Waals surface area contributed by atoms with E-state index in [9.17, 15) is 13.2 Å². The Morgan fingerprint density at radius 2 is 1.88 bits per heavy atom. The highest BCUT2D eigenvalue weighted by Gasteiger charge is 2.43. The van der Waals surface area contributed by atoms with E-state index in [-0.39, 0.29) is 34.5 Å². The normalized spacial score (nSPS) is 30.3. The summed E-state index contributed by atoms with van der Waals surface area (Å²) in [6, 6.07) is 2.60. The zero-order valence-electron chi connectivity index (χ0n) is 20.9. The average molecular weight is 495 g/mol. The molecule has 10 heteroatoms. The molecule has 3 aliphatic heterocycles. The molecule has 9 nitrogen and oxygen atoms in total. The van der Waals surface area contributed by atoms with Crippen molar-refractivity contribution in [2.45, 2.75) is 95.0 Å². The molecule has 4 atom stereocenters. The minimum atomic E-state index is -3.94. The molecule has 1 aromatic heterocycles. The van der Waals surface area contributed by atoms with Crippen molar-refractivity contribution in [3.63, 3.8) is 0 Å². The predicted molar refractivity (Wildman–Crippen MR) is 129 cm³/mol. The number of rotatable bonds is 5. The molecule has 3 aliphatic rings. The summed E-state index contributed by atoms with van der Waals surface area (Å²) in [5, 5.41) is 3.10. The molecule has 0 radical (unpaired) electrons. The molecule has 0 aliphatic carbocycles. The number of amides is 1. The second-order valence-electron chi connectivity index (χ2n) is 10.5. The van der Waals surface area contributed by atoms with E-state index < -0.39 is 16.1 Å². The van der Waals surface area contributed by atoms with Crippen molar-refractivity contribution in [2.75, 3.05) is 31.3 Å². The molecule has 1 unspecified atom stereocenters. The monoisotopic (exact) mass is 494 g/mol. The number of ether oxygens (including phenoxy) is 2. The number of carbonyl (C=O) groups excluding carboxylic acids is 1. The first kappa shape index (κ1) is 25.3. The van der Waals surface area contributed by atoms with E-state index in [0.717, 1.165) is 12.1 Å². The summed E-state index contributed by atoms with van der Waals surface area (Å²) in [7, 11) is -3.94. The van der Waals surface area contributed by atoms with Gasteiger partial charge < -0.3 is 19.7 Å². The molecular weight excluding hydrogens is 456 g/mol. The van der Waals surface area contributed by atoms with Crippen LogP contribution in [0.25, 0.3) is 0 Å². The third-order valence-corrected chi connectivity index (χ3v) is 8.96. The van der Waals surface area contributed by atoms with Crippen LogP contribution in [-0.4, -0.2) is 79.7 Å². The van der Waals surface area contributed by atoms with Gasteiger partial charge in [0.05, 0.1) is 30.9 Å². The number of morpholine rings is 1. The van der Waals surface area contributed by atoms with Crippen LogP contribution in [0.2, 0.25) is 0 Å². The van der Waals surface area contributed by atoms with Crippen LogP contribution >= 0.6 is 0 Å². The lowest BCUT2D eigenvalue weighted by Crippen LogP contribution is -2.53. The lowest BCUT2D eigenvalue weighted by molar-refractivity contribution is -0.127. The van der Waals surface area contributed by atoms with E-state index >= 15 is 0 Å². The number of nitrogens with zero attached hydrogens (tertiary/aromatic N) is 3. The number of hydrogen-bond acceptors (Lipinski definition) is 7. The third kappa shape index (κ3) is 5.10. The maximum Gasteiger partial charge on any atom is 0.247 e. The van der Waals surface area contributed by atoms with Crippen LogP contribution in [0.15, 0.2) is 17.0 Å². The third-order valence-electron chi connectivity index (χ3n) is 7.03. The highest BCUT2D eigenvalue weighted by Crippen LogP contribution is 2.34. The molecule has 0 bridgehead atoms. The number of anilines is 1. The molecule has 3 saturated heterocycles. The van der Waals surface area contributed by atoms with Crippen LogP contribution < -0.4 is 10.2 Å². The molecule has 0 spiro atoms. The summed E-state index contributed by atoms with van der Waals surface area (Å²) in [5.74, 6) is 0.221. The Hall–Kier alpha value is -1.75. The van der Waals surface area contributed by atoms with E-state index in [0.29, 0.717) is 51.4 Å². The summed E-state index contributed by atoms with van der Waals surface area (Å²) < 4.78 is 40.7. The van der Waals surface area contributed by atoms with Gasteiger partial charge in [-0.15, -0.1) is 0 Å². The largest absolute Gasteiger partial charge is 0.377 e. The van der Waals surface area contributed by atoms with Gasteiger partial charge in [-0.2, -0.15) is 4.31 Å². The van der Waals surface area contributed by atoms with Crippen LogP contribution in [0.3, 0.4) is 0 Å². The first-order valence-corrected chi connectivity index (χ1v) is 13.7. The average Bonchev–Trinajstić information content (AvgIpc) is 3.24. The molecule has 4 heterocycles. The van der Waals surface area contributed by atoms with Crippen molar-refractivity contribution in [1.82, 2.24) is 14.6 Å². The fourth-order valence-corrected chi connectivity index (χ4v) is 7.19. The van der Waals surface area contributed by atoms with Gasteiger partial charge in [-0.25, -0.2) is 13.4 Å². The summed E-state index contributed by atoms with van der Waals surface area (Å²) in [6.07, 6.45) is 2.59. The molecule has 34 heavy (non-hydrogen) atoms. The Morgan fingerprint density at radius 3 is 2.56 bits per heavy atom. The van der Waals surface area contributed by atoms with Crippen LogP contribution in [0.1, 0.15) is 59.1 Å². The number of aryl methyl sites for hydroxylation is 1. The van der Waals surface area contributed by atoms with E-state index in [2.05, 4.69) is 10.3 Å². The Kier molecular flexibility index (Phi) is 7.24. The first-order chi connectivity index (χ1) is 16.0. The predicted octanol–water partition coefficient (Wildman–Crippen LogP) is 2.23. The van der Waals surface area contributed by atoms with Gasteiger partial charge in [0.1, 0.15) is 16.8 Å². The molecule has 190 valence electrons. The van der Waals surface area contributed by atoms with Crippen molar-refractivity contribution >= 4 is 21.7 Å². The van der Waals surface area contributed by atoms with E-state index in [1.54, 1.807) is 12.1 Å². The minimum absolute atomic E-state index is 0.0125. The summed E-state index contributed by atoms with van der Waals surface area (Å²) >= 11 is 0. The first-order valence-electron chi connectivity index (χ1n) is 12.3. The number of carbonyl (C=O) groups is 1.